The standard InChI is InChI=1S/C14H24N2O2/c1-2-12-15-14(7-3-4-8-14)13(17)16(12)11-5-9-18-10-6-11/h11-12,15H,2-10H2,1H3. The molecule has 1 spiro atoms. The summed E-state index contributed by atoms with van der Waals surface area (Å²) in [6.45, 7) is 3.78. The molecule has 102 valence electrons. The summed E-state index contributed by atoms with van der Waals surface area (Å²) >= 11 is 0. The van der Waals surface area contributed by atoms with Crippen molar-refractivity contribution < 1.29 is 9.53 Å². The first-order valence-corrected chi connectivity index (χ1v) is 7.45. The van der Waals surface area contributed by atoms with Gasteiger partial charge in [-0.1, -0.05) is 19.8 Å². The maximum absolute atomic E-state index is 12.8. The highest BCUT2D eigenvalue weighted by atomic mass is 16.5. The van der Waals surface area contributed by atoms with E-state index in [2.05, 4.69) is 17.1 Å². The summed E-state index contributed by atoms with van der Waals surface area (Å²) in [4.78, 5) is 15.0. The molecule has 18 heavy (non-hydrogen) atoms. The van der Waals surface area contributed by atoms with E-state index in [9.17, 15) is 4.79 Å². The molecule has 4 heteroatoms. The molecule has 1 atom stereocenters. The van der Waals surface area contributed by atoms with Gasteiger partial charge in [0.25, 0.3) is 0 Å². The molecule has 3 rings (SSSR count). The van der Waals surface area contributed by atoms with Crippen molar-refractivity contribution in [1.29, 1.82) is 0 Å². The molecule has 1 saturated carbocycles. The van der Waals surface area contributed by atoms with Crippen LogP contribution < -0.4 is 5.32 Å². The number of carbonyl (C=O) groups excluding carboxylic acids is 1. The van der Waals surface area contributed by atoms with Crippen LogP contribution in [0.15, 0.2) is 0 Å². The number of amides is 1. The van der Waals surface area contributed by atoms with Gasteiger partial charge in [-0.15, -0.1) is 0 Å². The Morgan fingerprint density at radius 1 is 1.33 bits per heavy atom. The second-order valence-corrected chi connectivity index (χ2v) is 5.91. The van der Waals surface area contributed by atoms with E-state index in [0.717, 1.165) is 45.3 Å². The van der Waals surface area contributed by atoms with Crippen LogP contribution in [0.25, 0.3) is 0 Å². The van der Waals surface area contributed by atoms with Crippen molar-refractivity contribution in [2.24, 2.45) is 0 Å². The molecule has 0 radical (unpaired) electrons. The Labute approximate surface area is 109 Å². The predicted octanol–water partition coefficient (Wildman–Crippen LogP) is 1.65. The first-order valence-electron chi connectivity index (χ1n) is 7.45. The smallest absolute Gasteiger partial charge is 0.244 e. The predicted molar refractivity (Wildman–Crippen MR) is 69.1 cm³/mol. The van der Waals surface area contributed by atoms with Crippen LogP contribution in [0.4, 0.5) is 0 Å². The van der Waals surface area contributed by atoms with Crippen LogP contribution in [0, 0.1) is 0 Å². The highest BCUT2D eigenvalue weighted by Gasteiger charge is 2.53. The lowest BCUT2D eigenvalue weighted by molar-refractivity contribution is -0.137. The van der Waals surface area contributed by atoms with Gasteiger partial charge in [-0.3, -0.25) is 10.1 Å². The molecular formula is C14H24N2O2. The molecule has 2 heterocycles. The lowest BCUT2D eigenvalue weighted by Crippen LogP contribution is -2.47. The maximum atomic E-state index is 12.8. The Morgan fingerprint density at radius 3 is 2.61 bits per heavy atom. The van der Waals surface area contributed by atoms with Crippen molar-refractivity contribution in [3.63, 3.8) is 0 Å². The van der Waals surface area contributed by atoms with Crippen LogP contribution >= 0.6 is 0 Å². The summed E-state index contributed by atoms with van der Waals surface area (Å²) in [6, 6.07) is 0.392. The van der Waals surface area contributed by atoms with E-state index in [1.807, 2.05) is 0 Å². The summed E-state index contributed by atoms with van der Waals surface area (Å²) in [5.74, 6) is 0.374. The van der Waals surface area contributed by atoms with Gasteiger partial charge in [0.15, 0.2) is 0 Å². The van der Waals surface area contributed by atoms with Gasteiger partial charge in [-0.05, 0) is 32.1 Å². The third-order valence-electron chi connectivity index (χ3n) is 4.85. The van der Waals surface area contributed by atoms with Gasteiger partial charge in [-0.25, -0.2) is 0 Å². The topological polar surface area (TPSA) is 41.6 Å². The van der Waals surface area contributed by atoms with E-state index in [1.165, 1.54) is 12.8 Å². The lowest BCUT2D eigenvalue weighted by Gasteiger charge is -2.35. The second-order valence-electron chi connectivity index (χ2n) is 5.91. The SMILES string of the molecule is CCC1NC2(CCCC2)C(=O)N1C1CCOCC1. The van der Waals surface area contributed by atoms with Crippen LogP contribution in [0.3, 0.4) is 0 Å². The lowest BCUT2D eigenvalue weighted by atomic mass is 9.97. The Hall–Kier alpha value is -0.610. The average Bonchev–Trinajstić information content (AvgIpc) is 2.98. The van der Waals surface area contributed by atoms with E-state index < -0.39 is 0 Å². The summed E-state index contributed by atoms with van der Waals surface area (Å²) in [6.07, 6.45) is 7.70. The summed E-state index contributed by atoms with van der Waals surface area (Å²) in [7, 11) is 0. The first-order chi connectivity index (χ1) is 8.77. The molecule has 0 aromatic carbocycles. The zero-order valence-corrected chi connectivity index (χ0v) is 11.3. The number of nitrogens with one attached hydrogen (secondary N) is 1. The molecule has 0 aromatic rings. The van der Waals surface area contributed by atoms with Gasteiger partial charge in [0.1, 0.15) is 0 Å². The van der Waals surface area contributed by atoms with Gasteiger partial charge in [0.2, 0.25) is 5.91 Å². The molecule has 2 saturated heterocycles. The van der Waals surface area contributed by atoms with Crippen molar-refractivity contribution in [3.8, 4) is 0 Å². The van der Waals surface area contributed by atoms with Crippen LogP contribution in [0.2, 0.25) is 0 Å². The van der Waals surface area contributed by atoms with Crippen LogP contribution in [-0.2, 0) is 9.53 Å². The maximum Gasteiger partial charge on any atom is 0.244 e. The Kier molecular flexibility index (Phi) is 3.32. The average molecular weight is 252 g/mol. The molecule has 1 unspecified atom stereocenters. The highest BCUT2D eigenvalue weighted by molar-refractivity contribution is 5.89. The Balaban J connectivity index is 1.80. The van der Waals surface area contributed by atoms with Crippen LogP contribution in [-0.4, -0.2) is 41.8 Å². The van der Waals surface area contributed by atoms with Crippen LogP contribution in [0.5, 0.6) is 0 Å². The molecular weight excluding hydrogens is 228 g/mol. The zero-order chi connectivity index (χ0) is 12.6. The van der Waals surface area contributed by atoms with Crippen molar-refractivity contribution in [2.45, 2.75) is 69.6 Å². The van der Waals surface area contributed by atoms with Gasteiger partial charge in [0, 0.05) is 19.3 Å². The minimum atomic E-state index is -0.209. The number of nitrogens with zero attached hydrogens (tertiary/aromatic N) is 1. The Morgan fingerprint density at radius 2 is 2.00 bits per heavy atom. The highest BCUT2D eigenvalue weighted by Crippen LogP contribution is 2.38. The minimum absolute atomic E-state index is 0.209. The minimum Gasteiger partial charge on any atom is -0.381 e. The van der Waals surface area contributed by atoms with E-state index in [0.29, 0.717) is 11.9 Å². The molecule has 1 N–H and O–H groups in total. The third-order valence-corrected chi connectivity index (χ3v) is 4.85. The number of hydrogen-bond acceptors (Lipinski definition) is 3. The van der Waals surface area contributed by atoms with Gasteiger partial charge < -0.3 is 9.64 Å². The van der Waals surface area contributed by atoms with E-state index in [1.54, 1.807) is 0 Å². The zero-order valence-electron chi connectivity index (χ0n) is 11.3. The molecule has 0 bridgehead atoms. The van der Waals surface area contributed by atoms with Gasteiger partial charge >= 0.3 is 0 Å². The van der Waals surface area contributed by atoms with Crippen LogP contribution in [0.1, 0.15) is 51.9 Å². The second kappa shape index (κ2) is 4.82. The summed E-state index contributed by atoms with van der Waals surface area (Å²) in [5, 5.41) is 3.65. The first kappa shape index (κ1) is 12.4. The normalized spacial score (nSPS) is 32.6. The monoisotopic (exact) mass is 252 g/mol. The molecule has 3 fully saturated rings. The molecule has 4 nitrogen and oxygen atoms in total. The van der Waals surface area contributed by atoms with E-state index in [-0.39, 0.29) is 11.7 Å². The van der Waals surface area contributed by atoms with Gasteiger partial charge in [0.05, 0.1) is 11.7 Å². The van der Waals surface area contributed by atoms with Crippen molar-refractivity contribution >= 4 is 5.91 Å². The molecule has 1 aliphatic carbocycles. The number of ether oxygens (including phenoxy) is 1. The van der Waals surface area contributed by atoms with Gasteiger partial charge in [-0.2, -0.15) is 0 Å². The molecule has 1 amide bonds. The number of carbonyl (C=O) groups is 1. The van der Waals surface area contributed by atoms with Crippen molar-refractivity contribution in [2.75, 3.05) is 13.2 Å². The number of rotatable bonds is 2. The van der Waals surface area contributed by atoms with Crippen molar-refractivity contribution in [1.82, 2.24) is 10.2 Å². The number of hydrogen-bond donors (Lipinski definition) is 1. The molecule has 3 aliphatic rings. The van der Waals surface area contributed by atoms with E-state index >= 15 is 0 Å². The fourth-order valence-electron chi connectivity index (χ4n) is 3.86. The van der Waals surface area contributed by atoms with E-state index in [4.69, 9.17) is 4.74 Å². The molecule has 2 aliphatic heterocycles. The summed E-state index contributed by atoms with van der Waals surface area (Å²) < 4.78 is 5.42. The fourth-order valence-corrected chi connectivity index (χ4v) is 3.86. The third kappa shape index (κ3) is 1.86. The molecule has 0 aromatic heterocycles. The summed E-state index contributed by atoms with van der Waals surface area (Å²) in [5.41, 5.74) is -0.209. The quantitative estimate of drug-likeness (QED) is 0.812. The largest absolute Gasteiger partial charge is 0.381 e. The fraction of sp³-hybridized carbons (Fsp3) is 0.929. The van der Waals surface area contributed by atoms with Crippen molar-refractivity contribution in [3.05, 3.63) is 0 Å². The Bertz CT molecular complexity index is 320.